The zero-order chi connectivity index (χ0) is 12.7. The van der Waals surface area contributed by atoms with E-state index in [-0.39, 0.29) is 6.03 Å². The van der Waals surface area contributed by atoms with Crippen LogP contribution in [0.3, 0.4) is 0 Å². The fourth-order valence-corrected chi connectivity index (χ4v) is 1.51. The van der Waals surface area contributed by atoms with E-state index in [1.54, 1.807) is 12.1 Å². The molecule has 1 aromatic carbocycles. The van der Waals surface area contributed by atoms with Crippen LogP contribution >= 0.6 is 0 Å². The van der Waals surface area contributed by atoms with Gasteiger partial charge in [0, 0.05) is 5.69 Å². The maximum absolute atomic E-state index is 11.7. The van der Waals surface area contributed by atoms with E-state index in [2.05, 4.69) is 16.7 Å². The molecule has 1 aromatic rings. The first kappa shape index (κ1) is 13.0. The van der Waals surface area contributed by atoms with Gasteiger partial charge in [0.2, 0.25) is 0 Å². The summed E-state index contributed by atoms with van der Waals surface area (Å²) in [4.78, 5) is 11.7. The smallest absolute Gasteiger partial charge is 0.319 e. The maximum atomic E-state index is 11.7. The van der Waals surface area contributed by atoms with Crippen LogP contribution in [0.25, 0.3) is 0 Å². The van der Waals surface area contributed by atoms with Crippen molar-refractivity contribution in [1.29, 1.82) is 5.26 Å². The molecule has 90 valence electrons. The average Bonchev–Trinajstić information content (AvgIpc) is 2.37. The van der Waals surface area contributed by atoms with Gasteiger partial charge in [-0.1, -0.05) is 32.0 Å². The van der Waals surface area contributed by atoms with E-state index in [0.29, 0.717) is 18.5 Å². The summed E-state index contributed by atoms with van der Waals surface area (Å²) < 4.78 is 0. The predicted octanol–water partition coefficient (Wildman–Crippen LogP) is 2.89. The van der Waals surface area contributed by atoms with Gasteiger partial charge in [-0.25, -0.2) is 4.79 Å². The Bertz CT molecular complexity index is 404. The minimum atomic E-state index is -0.779. The lowest BCUT2D eigenvalue weighted by molar-refractivity contribution is 0.242. The molecule has 0 spiro atoms. The summed E-state index contributed by atoms with van der Waals surface area (Å²) in [6, 6.07) is 11.0. The fraction of sp³-hybridized carbons (Fsp3) is 0.385. The number of nitrogens with zero attached hydrogens (tertiary/aromatic N) is 1. The van der Waals surface area contributed by atoms with Crippen LogP contribution in [0, 0.1) is 11.3 Å². The number of benzene rings is 1. The Kier molecular flexibility index (Phi) is 4.53. The summed E-state index contributed by atoms with van der Waals surface area (Å²) in [5, 5.41) is 14.5. The molecule has 0 fully saturated rings. The molecule has 0 atom stereocenters. The average molecular weight is 231 g/mol. The van der Waals surface area contributed by atoms with Gasteiger partial charge in [0.1, 0.15) is 5.54 Å². The largest absolute Gasteiger partial charge is 0.320 e. The molecule has 2 amide bonds. The van der Waals surface area contributed by atoms with Crippen LogP contribution in [0.4, 0.5) is 10.5 Å². The van der Waals surface area contributed by atoms with Crippen molar-refractivity contribution in [1.82, 2.24) is 5.32 Å². The van der Waals surface area contributed by atoms with Gasteiger partial charge in [-0.3, -0.25) is 0 Å². The van der Waals surface area contributed by atoms with E-state index in [1.807, 2.05) is 32.0 Å². The van der Waals surface area contributed by atoms with Crippen molar-refractivity contribution < 1.29 is 4.79 Å². The highest BCUT2D eigenvalue weighted by molar-refractivity contribution is 5.89. The van der Waals surface area contributed by atoms with Crippen molar-refractivity contribution >= 4 is 11.7 Å². The molecule has 2 N–H and O–H groups in total. The number of urea groups is 1. The normalized spacial score (nSPS) is 10.4. The van der Waals surface area contributed by atoms with Gasteiger partial charge in [0.15, 0.2) is 0 Å². The number of carbonyl (C=O) groups excluding carboxylic acids is 1. The van der Waals surface area contributed by atoms with E-state index in [9.17, 15) is 4.79 Å². The van der Waals surface area contributed by atoms with Crippen LogP contribution in [0.15, 0.2) is 30.3 Å². The second-order valence-corrected chi connectivity index (χ2v) is 3.85. The third-order valence-corrected chi connectivity index (χ3v) is 2.81. The van der Waals surface area contributed by atoms with E-state index in [1.165, 1.54) is 0 Å². The summed E-state index contributed by atoms with van der Waals surface area (Å²) >= 11 is 0. The molecular weight excluding hydrogens is 214 g/mol. The molecule has 4 nitrogen and oxygen atoms in total. The number of anilines is 1. The molecule has 4 heteroatoms. The first-order valence-electron chi connectivity index (χ1n) is 5.71. The van der Waals surface area contributed by atoms with Gasteiger partial charge in [0.25, 0.3) is 0 Å². The fourth-order valence-electron chi connectivity index (χ4n) is 1.51. The molecule has 0 heterocycles. The second-order valence-electron chi connectivity index (χ2n) is 3.85. The second kappa shape index (κ2) is 5.90. The van der Waals surface area contributed by atoms with Gasteiger partial charge < -0.3 is 10.6 Å². The molecule has 0 radical (unpaired) electrons. The Labute approximate surface area is 102 Å². The number of hydrogen-bond acceptors (Lipinski definition) is 2. The van der Waals surface area contributed by atoms with Crippen LogP contribution in [-0.2, 0) is 0 Å². The number of nitrogens with one attached hydrogen (secondary N) is 2. The summed E-state index contributed by atoms with van der Waals surface area (Å²) in [5.74, 6) is 0. The standard InChI is InChI=1S/C13H17N3O/c1-3-13(4-2,10-14)16-12(17)15-11-8-6-5-7-9-11/h5-9H,3-4H2,1-2H3,(H2,15,16,17). The SMILES string of the molecule is CCC(C#N)(CC)NC(=O)Nc1ccccc1. The van der Waals surface area contributed by atoms with E-state index in [0.717, 1.165) is 0 Å². The van der Waals surface area contributed by atoms with Crippen molar-refractivity contribution in [3.05, 3.63) is 30.3 Å². The Morgan fingerprint density at radius 1 is 1.29 bits per heavy atom. The van der Waals surface area contributed by atoms with Crippen LogP contribution in [-0.4, -0.2) is 11.6 Å². The number of hydrogen-bond donors (Lipinski definition) is 2. The van der Waals surface area contributed by atoms with E-state index in [4.69, 9.17) is 5.26 Å². The molecule has 0 saturated heterocycles. The third kappa shape index (κ3) is 3.49. The molecule has 0 aliphatic heterocycles. The molecule has 0 bridgehead atoms. The molecule has 17 heavy (non-hydrogen) atoms. The van der Waals surface area contributed by atoms with Crippen LogP contribution in [0.5, 0.6) is 0 Å². The zero-order valence-electron chi connectivity index (χ0n) is 10.2. The highest BCUT2D eigenvalue weighted by Crippen LogP contribution is 2.14. The quantitative estimate of drug-likeness (QED) is 0.836. The van der Waals surface area contributed by atoms with Crippen molar-refractivity contribution in [2.24, 2.45) is 0 Å². The first-order valence-corrected chi connectivity index (χ1v) is 5.71. The Morgan fingerprint density at radius 3 is 2.35 bits per heavy atom. The lowest BCUT2D eigenvalue weighted by Crippen LogP contribution is -2.48. The molecule has 0 saturated carbocycles. The maximum Gasteiger partial charge on any atom is 0.320 e. The van der Waals surface area contributed by atoms with Crippen molar-refractivity contribution in [2.75, 3.05) is 5.32 Å². The molecule has 1 rings (SSSR count). The number of amides is 2. The third-order valence-electron chi connectivity index (χ3n) is 2.81. The lowest BCUT2D eigenvalue weighted by atomic mass is 9.95. The number of nitriles is 1. The Balaban J connectivity index is 2.64. The number of carbonyl (C=O) groups is 1. The Hall–Kier alpha value is -2.02. The summed E-state index contributed by atoms with van der Waals surface area (Å²) in [5.41, 5.74) is -0.0668. The molecular formula is C13H17N3O. The first-order chi connectivity index (χ1) is 8.15. The van der Waals surface area contributed by atoms with Crippen LogP contribution in [0.1, 0.15) is 26.7 Å². The summed E-state index contributed by atoms with van der Waals surface area (Å²) in [6.07, 6.45) is 1.17. The van der Waals surface area contributed by atoms with Gasteiger partial charge in [-0.05, 0) is 25.0 Å². The van der Waals surface area contributed by atoms with E-state index >= 15 is 0 Å². The van der Waals surface area contributed by atoms with Gasteiger partial charge in [0.05, 0.1) is 6.07 Å². The highest BCUT2D eigenvalue weighted by Gasteiger charge is 2.27. The van der Waals surface area contributed by atoms with E-state index < -0.39 is 5.54 Å². The molecule has 0 aliphatic rings. The molecule has 0 aromatic heterocycles. The number of para-hydroxylation sites is 1. The van der Waals surface area contributed by atoms with Gasteiger partial charge in [-0.15, -0.1) is 0 Å². The van der Waals surface area contributed by atoms with Crippen LogP contribution in [0.2, 0.25) is 0 Å². The minimum Gasteiger partial charge on any atom is -0.319 e. The summed E-state index contributed by atoms with van der Waals surface area (Å²) in [7, 11) is 0. The van der Waals surface area contributed by atoms with Crippen molar-refractivity contribution in [2.45, 2.75) is 32.2 Å². The van der Waals surface area contributed by atoms with Gasteiger partial charge >= 0.3 is 6.03 Å². The number of rotatable bonds is 4. The van der Waals surface area contributed by atoms with Crippen LogP contribution < -0.4 is 10.6 Å². The van der Waals surface area contributed by atoms with Crippen molar-refractivity contribution in [3.8, 4) is 6.07 Å². The topological polar surface area (TPSA) is 64.9 Å². The molecule has 0 aliphatic carbocycles. The predicted molar refractivity (Wildman–Crippen MR) is 67.5 cm³/mol. The highest BCUT2D eigenvalue weighted by atomic mass is 16.2. The summed E-state index contributed by atoms with van der Waals surface area (Å²) in [6.45, 7) is 3.77. The molecule has 0 unspecified atom stereocenters. The van der Waals surface area contributed by atoms with Gasteiger partial charge in [-0.2, -0.15) is 5.26 Å². The monoisotopic (exact) mass is 231 g/mol. The minimum absolute atomic E-state index is 0.346. The Morgan fingerprint density at radius 2 is 1.88 bits per heavy atom. The lowest BCUT2D eigenvalue weighted by Gasteiger charge is -2.24. The zero-order valence-corrected chi connectivity index (χ0v) is 10.2. The van der Waals surface area contributed by atoms with Crippen molar-refractivity contribution in [3.63, 3.8) is 0 Å².